The fourth-order valence-electron chi connectivity index (χ4n) is 2.21. The van der Waals surface area contributed by atoms with Gasteiger partial charge in [-0.3, -0.25) is 0 Å². The number of hydrogen-bond acceptors (Lipinski definition) is 3. The fraction of sp³-hybridized carbons (Fsp3) is 0.571. The summed E-state index contributed by atoms with van der Waals surface area (Å²) in [4.78, 5) is 0. The van der Waals surface area contributed by atoms with Gasteiger partial charge < -0.3 is 10.1 Å². The predicted octanol–water partition coefficient (Wildman–Crippen LogP) is 2.99. The van der Waals surface area contributed by atoms with Crippen molar-refractivity contribution in [2.24, 2.45) is 0 Å². The minimum Gasteiger partial charge on any atom is -0.496 e. The maximum Gasteiger partial charge on any atom is 0.121 e. The van der Waals surface area contributed by atoms with Crippen LogP contribution < -0.4 is 10.1 Å². The lowest BCUT2D eigenvalue weighted by Gasteiger charge is -2.22. The Morgan fingerprint density at radius 2 is 2.12 bits per heavy atom. The van der Waals surface area contributed by atoms with Gasteiger partial charge in [0.2, 0.25) is 0 Å². The Morgan fingerprint density at radius 3 is 2.76 bits per heavy atom. The van der Waals surface area contributed by atoms with Crippen molar-refractivity contribution in [2.75, 3.05) is 20.2 Å². The second-order valence-corrected chi connectivity index (χ2v) is 5.85. The lowest BCUT2D eigenvalue weighted by Crippen LogP contribution is -2.29. The molecule has 0 radical (unpaired) electrons. The van der Waals surface area contributed by atoms with Crippen LogP contribution in [-0.4, -0.2) is 25.4 Å². The smallest absolute Gasteiger partial charge is 0.121 e. The molecule has 1 N–H and O–H groups in total. The van der Waals surface area contributed by atoms with Gasteiger partial charge in [0.15, 0.2) is 0 Å². The summed E-state index contributed by atoms with van der Waals surface area (Å²) in [6.45, 7) is 4.47. The first-order chi connectivity index (χ1) is 8.29. The molecule has 1 aliphatic rings. The van der Waals surface area contributed by atoms with E-state index in [1.54, 1.807) is 7.11 Å². The highest BCUT2D eigenvalue weighted by molar-refractivity contribution is 7.99. The number of thioether (sulfide) groups is 1. The number of ether oxygens (including phenoxy) is 1. The second kappa shape index (κ2) is 6.31. The first-order valence-electron chi connectivity index (χ1n) is 6.25. The number of benzene rings is 1. The maximum absolute atomic E-state index is 5.28. The van der Waals surface area contributed by atoms with Crippen LogP contribution in [0.1, 0.15) is 24.0 Å². The molecule has 0 unspecified atom stereocenters. The second-order valence-electron chi connectivity index (χ2n) is 4.56. The Kier molecular flexibility index (Phi) is 4.75. The van der Waals surface area contributed by atoms with E-state index in [2.05, 4.69) is 42.2 Å². The van der Waals surface area contributed by atoms with Crippen molar-refractivity contribution in [3.63, 3.8) is 0 Å². The van der Waals surface area contributed by atoms with E-state index in [9.17, 15) is 0 Å². The first-order valence-corrected chi connectivity index (χ1v) is 7.30. The number of aryl methyl sites for hydroxylation is 1. The molecule has 2 rings (SSSR count). The number of rotatable bonds is 4. The van der Waals surface area contributed by atoms with E-state index < -0.39 is 0 Å². The zero-order valence-corrected chi connectivity index (χ0v) is 11.5. The summed E-state index contributed by atoms with van der Waals surface area (Å²) in [5.41, 5.74) is 2.64. The molecule has 3 heteroatoms. The van der Waals surface area contributed by atoms with E-state index in [0.717, 1.165) is 16.8 Å². The molecular weight excluding hydrogens is 230 g/mol. The van der Waals surface area contributed by atoms with Crippen LogP contribution in [0.5, 0.6) is 5.75 Å². The van der Waals surface area contributed by atoms with Crippen LogP contribution >= 0.6 is 11.8 Å². The SMILES string of the molecule is COc1ccc(CSC2CCNCC2)cc1C. The number of hydrogen-bond donors (Lipinski definition) is 1. The van der Waals surface area contributed by atoms with Crippen molar-refractivity contribution in [1.82, 2.24) is 5.32 Å². The molecule has 0 aromatic heterocycles. The predicted molar refractivity (Wildman–Crippen MR) is 74.9 cm³/mol. The van der Waals surface area contributed by atoms with E-state index in [-0.39, 0.29) is 0 Å². The molecule has 1 fully saturated rings. The third kappa shape index (κ3) is 3.65. The van der Waals surface area contributed by atoms with Gasteiger partial charge in [0.25, 0.3) is 0 Å². The van der Waals surface area contributed by atoms with Gasteiger partial charge in [-0.15, -0.1) is 0 Å². The third-order valence-electron chi connectivity index (χ3n) is 3.23. The Labute approximate surface area is 108 Å². The highest BCUT2D eigenvalue weighted by Crippen LogP contribution is 2.26. The van der Waals surface area contributed by atoms with Crippen LogP contribution in [-0.2, 0) is 5.75 Å². The average Bonchev–Trinajstić information content (AvgIpc) is 2.38. The summed E-state index contributed by atoms with van der Waals surface area (Å²) in [7, 11) is 1.73. The van der Waals surface area contributed by atoms with Gasteiger partial charge in [-0.2, -0.15) is 11.8 Å². The molecule has 1 aromatic carbocycles. The molecule has 0 saturated carbocycles. The Balaban J connectivity index is 1.87. The van der Waals surface area contributed by atoms with Crippen molar-refractivity contribution in [1.29, 1.82) is 0 Å². The van der Waals surface area contributed by atoms with Crippen LogP contribution in [0.4, 0.5) is 0 Å². The molecule has 94 valence electrons. The molecule has 0 bridgehead atoms. The molecule has 0 aliphatic carbocycles. The van der Waals surface area contributed by atoms with Crippen LogP contribution in [0.2, 0.25) is 0 Å². The largest absolute Gasteiger partial charge is 0.496 e. The standard InChI is InChI=1S/C14H21NOS/c1-11-9-12(3-4-14(11)16-2)10-17-13-5-7-15-8-6-13/h3-4,9,13,15H,5-8,10H2,1-2H3. The van der Waals surface area contributed by atoms with Crippen molar-refractivity contribution in [3.8, 4) is 5.75 Å². The molecule has 1 heterocycles. The van der Waals surface area contributed by atoms with E-state index in [1.165, 1.54) is 37.1 Å². The van der Waals surface area contributed by atoms with Gasteiger partial charge in [0.1, 0.15) is 5.75 Å². The van der Waals surface area contributed by atoms with E-state index in [4.69, 9.17) is 4.74 Å². The average molecular weight is 251 g/mol. The summed E-state index contributed by atoms with van der Waals surface area (Å²) < 4.78 is 5.28. The molecule has 1 aromatic rings. The molecule has 2 nitrogen and oxygen atoms in total. The zero-order valence-electron chi connectivity index (χ0n) is 10.7. The zero-order chi connectivity index (χ0) is 12.1. The van der Waals surface area contributed by atoms with E-state index >= 15 is 0 Å². The molecule has 0 atom stereocenters. The minimum absolute atomic E-state index is 0.832. The Morgan fingerprint density at radius 1 is 1.35 bits per heavy atom. The van der Waals surface area contributed by atoms with Crippen molar-refractivity contribution >= 4 is 11.8 Å². The molecule has 17 heavy (non-hydrogen) atoms. The van der Waals surface area contributed by atoms with Crippen molar-refractivity contribution in [2.45, 2.75) is 30.8 Å². The molecule has 0 spiro atoms. The third-order valence-corrected chi connectivity index (χ3v) is 4.67. The quantitative estimate of drug-likeness (QED) is 0.889. The van der Waals surface area contributed by atoms with Gasteiger partial charge in [0.05, 0.1) is 7.11 Å². The minimum atomic E-state index is 0.832. The van der Waals surface area contributed by atoms with Crippen LogP contribution in [0, 0.1) is 6.92 Å². The summed E-state index contributed by atoms with van der Waals surface area (Å²) in [5, 5.41) is 4.24. The summed E-state index contributed by atoms with van der Waals surface area (Å²) in [6, 6.07) is 6.50. The normalized spacial score (nSPS) is 17.1. The Hall–Kier alpha value is -0.670. The van der Waals surface area contributed by atoms with Crippen LogP contribution in [0.25, 0.3) is 0 Å². The highest BCUT2D eigenvalue weighted by atomic mass is 32.2. The van der Waals surface area contributed by atoms with Crippen LogP contribution in [0.3, 0.4) is 0 Å². The molecule has 1 saturated heterocycles. The first kappa shape index (κ1) is 12.8. The van der Waals surface area contributed by atoms with E-state index in [1.807, 2.05) is 0 Å². The maximum atomic E-state index is 5.28. The lowest BCUT2D eigenvalue weighted by atomic mass is 10.1. The van der Waals surface area contributed by atoms with Gasteiger partial charge >= 0.3 is 0 Å². The fourth-order valence-corrected chi connectivity index (χ4v) is 3.38. The number of nitrogens with one attached hydrogen (secondary N) is 1. The number of methoxy groups -OCH3 is 1. The van der Waals surface area contributed by atoms with Crippen molar-refractivity contribution in [3.05, 3.63) is 29.3 Å². The Bertz CT molecular complexity index is 361. The van der Waals surface area contributed by atoms with Crippen LogP contribution in [0.15, 0.2) is 18.2 Å². The number of piperidine rings is 1. The van der Waals surface area contributed by atoms with Gasteiger partial charge in [-0.25, -0.2) is 0 Å². The summed E-state index contributed by atoms with van der Waals surface area (Å²) >= 11 is 2.09. The summed E-state index contributed by atoms with van der Waals surface area (Å²) in [5.74, 6) is 2.11. The molecule has 1 aliphatic heterocycles. The van der Waals surface area contributed by atoms with Gasteiger partial charge in [-0.05, 0) is 50.0 Å². The van der Waals surface area contributed by atoms with Crippen molar-refractivity contribution < 1.29 is 4.74 Å². The van der Waals surface area contributed by atoms with Gasteiger partial charge in [-0.1, -0.05) is 12.1 Å². The topological polar surface area (TPSA) is 21.3 Å². The monoisotopic (exact) mass is 251 g/mol. The lowest BCUT2D eigenvalue weighted by molar-refractivity contribution is 0.411. The molecular formula is C14H21NOS. The van der Waals surface area contributed by atoms with E-state index in [0.29, 0.717) is 0 Å². The highest BCUT2D eigenvalue weighted by Gasteiger charge is 2.13. The summed E-state index contributed by atoms with van der Waals surface area (Å²) in [6.07, 6.45) is 2.61. The van der Waals surface area contributed by atoms with Gasteiger partial charge in [0, 0.05) is 11.0 Å². The molecule has 0 amide bonds.